The first-order valence-electron chi connectivity index (χ1n) is 5.57. The number of nitrogens with one attached hydrogen (secondary N) is 1. The molecule has 0 aromatic heterocycles. The zero-order chi connectivity index (χ0) is 14.2. The first kappa shape index (κ1) is 13.5. The summed E-state index contributed by atoms with van der Waals surface area (Å²) in [7, 11) is 0. The maximum Gasteiger partial charge on any atom is 0.299 e. The smallest absolute Gasteiger partial charge is 0.299 e. The zero-order valence-corrected chi connectivity index (χ0v) is 10.8. The summed E-state index contributed by atoms with van der Waals surface area (Å²) in [5, 5.41) is 2.26. The monoisotopic (exact) mass is 284 g/mol. The predicted molar refractivity (Wildman–Crippen MR) is 66.8 cm³/mol. The van der Waals surface area contributed by atoms with Gasteiger partial charge >= 0.3 is 0 Å². The Balaban J connectivity index is 2.38. The van der Waals surface area contributed by atoms with Crippen molar-refractivity contribution in [1.82, 2.24) is 5.32 Å². The molecule has 0 aliphatic carbocycles. The lowest BCUT2D eigenvalue weighted by Crippen LogP contribution is -2.40. The molecule has 100 valence electrons. The average Bonchev–Trinajstić information content (AvgIpc) is 2.56. The van der Waals surface area contributed by atoms with Crippen molar-refractivity contribution < 1.29 is 18.8 Å². The van der Waals surface area contributed by atoms with E-state index in [1.165, 1.54) is 0 Å². The first-order valence-corrected chi connectivity index (χ1v) is 5.95. The third-order valence-electron chi connectivity index (χ3n) is 2.69. The Labute approximate surface area is 113 Å². The number of likely N-dealkylation sites (N-methyl/N-ethyl adjacent to an activating group) is 1. The third kappa shape index (κ3) is 2.31. The van der Waals surface area contributed by atoms with Gasteiger partial charge in [-0.3, -0.25) is 19.3 Å². The fraction of sp³-hybridized carbons (Fsp3) is 0.250. The fourth-order valence-electron chi connectivity index (χ4n) is 1.84. The minimum absolute atomic E-state index is 0.0145. The van der Waals surface area contributed by atoms with E-state index in [1.54, 1.807) is 6.92 Å². The largest absolute Gasteiger partial charge is 0.355 e. The van der Waals surface area contributed by atoms with Gasteiger partial charge in [0.15, 0.2) is 0 Å². The summed E-state index contributed by atoms with van der Waals surface area (Å²) in [4.78, 5) is 35.9. The van der Waals surface area contributed by atoms with E-state index < -0.39 is 23.4 Å². The number of anilines is 1. The summed E-state index contributed by atoms with van der Waals surface area (Å²) in [5.41, 5.74) is 0.0869. The van der Waals surface area contributed by atoms with Crippen LogP contribution >= 0.6 is 11.6 Å². The van der Waals surface area contributed by atoms with Crippen molar-refractivity contribution >= 4 is 34.9 Å². The van der Waals surface area contributed by atoms with Crippen LogP contribution in [0.1, 0.15) is 17.3 Å². The number of nitrogens with zero attached hydrogens (tertiary/aromatic N) is 1. The van der Waals surface area contributed by atoms with E-state index in [9.17, 15) is 18.8 Å². The summed E-state index contributed by atoms with van der Waals surface area (Å²) in [6, 6.07) is 2.09. The van der Waals surface area contributed by atoms with Crippen LogP contribution in [-0.4, -0.2) is 30.7 Å². The molecule has 1 aromatic rings. The minimum Gasteiger partial charge on any atom is -0.355 e. The van der Waals surface area contributed by atoms with Crippen molar-refractivity contribution in [2.45, 2.75) is 6.92 Å². The van der Waals surface area contributed by atoms with Crippen LogP contribution in [0.5, 0.6) is 0 Å². The molecule has 1 heterocycles. The number of fused-ring (bicyclic) bond motifs is 1. The molecule has 2 amide bonds. The predicted octanol–water partition coefficient (Wildman–Crippen LogP) is 1.14. The van der Waals surface area contributed by atoms with Gasteiger partial charge in [-0.1, -0.05) is 11.6 Å². The quantitative estimate of drug-likeness (QED) is 0.847. The highest BCUT2D eigenvalue weighted by Gasteiger charge is 2.37. The van der Waals surface area contributed by atoms with Gasteiger partial charge in [0.2, 0.25) is 5.91 Å². The Kier molecular flexibility index (Phi) is 3.53. The zero-order valence-electron chi connectivity index (χ0n) is 10.00. The van der Waals surface area contributed by atoms with Crippen LogP contribution in [0.2, 0.25) is 5.02 Å². The summed E-state index contributed by atoms with van der Waals surface area (Å²) in [5.74, 6) is -2.82. The lowest BCUT2D eigenvalue weighted by atomic mass is 10.1. The number of halogens is 2. The van der Waals surface area contributed by atoms with Crippen molar-refractivity contribution in [3.8, 4) is 0 Å². The van der Waals surface area contributed by atoms with E-state index >= 15 is 0 Å². The minimum atomic E-state index is -0.858. The van der Waals surface area contributed by atoms with E-state index in [1.807, 2.05) is 0 Å². The Hall–Kier alpha value is -1.95. The fourth-order valence-corrected chi connectivity index (χ4v) is 2.01. The molecule has 0 fully saturated rings. The molecule has 2 rings (SSSR count). The third-order valence-corrected chi connectivity index (χ3v) is 2.98. The van der Waals surface area contributed by atoms with Crippen LogP contribution in [0.4, 0.5) is 10.1 Å². The van der Waals surface area contributed by atoms with E-state index in [-0.39, 0.29) is 22.8 Å². The SMILES string of the molecule is CCNC(=O)CN1C(=O)C(=O)c2cc(Cl)c(F)cc21. The van der Waals surface area contributed by atoms with E-state index in [0.29, 0.717) is 6.54 Å². The number of carbonyl (C=O) groups excluding carboxylic acids is 3. The van der Waals surface area contributed by atoms with Crippen LogP contribution < -0.4 is 10.2 Å². The van der Waals surface area contributed by atoms with E-state index in [2.05, 4.69) is 5.32 Å². The molecule has 5 nitrogen and oxygen atoms in total. The molecule has 7 heteroatoms. The van der Waals surface area contributed by atoms with Crippen LogP contribution in [-0.2, 0) is 9.59 Å². The van der Waals surface area contributed by atoms with Crippen LogP contribution in [0.3, 0.4) is 0 Å². The van der Waals surface area contributed by atoms with Crippen molar-refractivity contribution in [3.63, 3.8) is 0 Å². The number of benzene rings is 1. The Bertz CT molecular complexity index is 589. The molecule has 0 saturated carbocycles. The maximum atomic E-state index is 13.4. The number of hydrogen-bond acceptors (Lipinski definition) is 3. The van der Waals surface area contributed by atoms with Crippen LogP contribution in [0, 0.1) is 5.82 Å². The molecule has 0 bridgehead atoms. The highest BCUT2D eigenvalue weighted by molar-refractivity contribution is 6.53. The molecule has 0 radical (unpaired) electrons. The van der Waals surface area contributed by atoms with Crippen molar-refractivity contribution in [2.75, 3.05) is 18.0 Å². The average molecular weight is 285 g/mol. The lowest BCUT2D eigenvalue weighted by Gasteiger charge is -2.15. The summed E-state index contributed by atoms with van der Waals surface area (Å²) in [6.07, 6.45) is 0. The van der Waals surface area contributed by atoms with Crippen LogP contribution in [0.25, 0.3) is 0 Å². The molecule has 0 saturated heterocycles. The van der Waals surface area contributed by atoms with Gasteiger partial charge in [0.05, 0.1) is 16.3 Å². The van der Waals surface area contributed by atoms with Gasteiger partial charge in [-0.25, -0.2) is 4.39 Å². The van der Waals surface area contributed by atoms with Gasteiger partial charge < -0.3 is 5.32 Å². The molecule has 19 heavy (non-hydrogen) atoms. The highest BCUT2D eigenvalue weighted by Crippen LogP contribution is 2.32. The number of Topliss-reactive ketones (excluding diaryl/α,β-unsaturated/α-hetero) is 1. The Morgan fingerprint density at radius 2 is 2.11 bits per heavy atom. The van der Waals surface area contributed by atoms with Crippen LogP contribution in [0.15, 0.2) is 12.1 Å². The number of hydrogen-bond donors (Lipinski definition) is 1. The number of ketones is 1. The highest BCUT2D eigenvalue weighted by atomic mass is 35.5. The number of amides is 2. The Morgan fingerprint density at radius 1 is 1.42 bits per heavy atom. The van der Waals surface area contributed by atoms with Gasteiger partial charge in [0, 0.05) is 6.54 Å². The van der Waals surface area contributed by atoms with Gasteiger partial charge in [0.25, 0.3) is 11.7 Å². The number of carbonyl (C=O) groups is 3. The number of rotatable bonds is 3. The second-order valence-electron chi connectivity index (χ2n) is 3.96. The molecule has 1 aliphatic heterocycles. The first-order chi connectivity index (χ1) is 8.95. The molecular formula is C12H10ClFN2O3. The van der Waals surface area contributed by atoms with Gasteiger partial charge in [-0.15, -0.1) is 0 Å². The normalized spacial score (nSPS) is 13.7. The van der Waals surface area contributed by atoms with Crippen molar-refractivity contribution in [1.29, 1.82) is 0 Å². The second kappa shape index (κ2) is 4.97. The van der Waals surface area contributed by atoms with Crippen molar-refractivity contribution in [2.24, 2.45) is 0 Å². The van der Waals surface area contributed by atoms with Crippen molar-refractivity contribution in [3.05, 3.63) is 28.5 Å². The lowest BCUT2D eigenvalue weighted by molar-refractivity contribution is -0.122. The second-order valence-corrected chi connectivity index (χ2v) is 4.36. The Morgan fingerprint density at radius 3 is 2.74 bits per heavy atom. The van der Waals surface area contributed by atoms with Gasteiger partial charge in [0.1, 0.15) is 12.4 Å². The molecule has 1 aliphatic rings. The van der Waals surface area contributed by atoms with E-state index in [0.717, 1.165) is 17.0 Å². The van der Waals surface area contributed by atoms with E-state index in [4.69, 9.17) is 11.6 Å². The summed E-state index contributed by atoms with van der Waals surface area (Å²) >= 11 is 5.57. The standard InChI is InChI=1S/C12H10ClFN2O3/c1-2-15-10(17)5-16-9-4-8(14)7(13)3-6(9)11(18)12(16)19/h3-4H,2,5H2,1H3,(H,15,17). The molecule has 0 spiro atoms. The molecule has 1 N–H and O–H groups in total. The molecule has 0 atom stereocenters. The van der Waals surface area contributed by atoms with Gasteiger partial charge in [-0.2, -0.15) is 0 Å². The summed E-state index contributed by atoms with van der Waals surface area (Å²) < 4.78 is 13.4. The summed E-state index contributed by atoms with van der Waals surface area (Å²) in [6.45, 7) is 1.80. The topological polar surface area (TPSA) is 66.5 Å². The molecule has 0 unspecified atom stereocenters. The van der Waals surface area contributed by atoms with Gasteiger partial charge in [-0.05, 0) is 19.1 Å². The molecular weight excluding hydrogens is 275 g/mol. The molecule has 1 aromatic carbocycles. The maximum absolute atomic E-state index is 13.4.